The number of hydrogen-bond donors (Lipinski definition) is 1. The first-order valence-electron chi connectivity index (χ1n) is 12.2. The highest BCUT2D eigenvalue weighted by molar-refractivity contribution is 5.79. The van der Waals surface area contributed by atoms with Crippen molar-refractivity contribution in [3.63, 3.8) is 0 Å². The molecule has 2 fully saturated rings. The number of rotatable bonds is 5. The zero-order valence-corrected chi connectivity index (χ0v) is 19.8. The molecule has 0 bridgehead atoms. The summed E-state index contributed by atoms with van der Waals surface area (Å²) in [7, 11) is 1.98. The average Bonchev–Trinajstić information content (AvgIpc) is 3.53. The van der Waals surface area contributed by atoms with Crippen LogP contribution in [0, 0.1) is 0 Å². The van der Waals surface area contributed by atoms with Gasteiger partial charge in [0.05, 0.1) is 18.5 Å². The number of nitrogens with one attached hydrogen (secondary N) is 1. The normalized spacial score (nSPS) is 25.8. The summed E-state index contributed by atoms with van der Waals surface area (Å²) in [5.41, 5.74) is 1.41. The molecular weight excluding hydrogens is 420 g/mol. The summed E-state index contributed by atoms with van der Waals surface area (Å²) in [4.78, 5) is 28.3. The van der Waals surface area contributed by atoms with Crippen LogP contribution in [0.5, 0.6) is 5.88 Å². The number of amides is 2. The van der Waals surface area contributed by atoms with E-state index in [1.54, 1.807) is 0 Å². The molecule has 3 aliphatic rings. The van der Waals surface area contributed by atoms with Crippen LogP contribution in [0.4, 0.5) is 4.79 Å². The van der Waals surface area contributed by atoms with Gasteiger partial charge in [0, 0.05) is 38.8 Å². The van der Waals surface area contributed by atoms with Gasteiger partial charge in [-0.3, -0.25) is 5.01 Å². The fourth-order valence-electron chi connectivity index (χ4n) is 5.28. The maximum absolute atomic E-state index is 12.7. The Morgan fingerprint density at radius 1 is 1.21 bits per heavy atom. The maximum Gasteiger partial charge on any atom is 0.317 e. The van der Waals surface area contributed by atoms with Gasteiger partial charge in [0.2, 0.25) is 5.88 Å². The predicted octanol–water partition coefficient (Wildman–Crippen LogP) is 2.65. The van der Waals surface area contributed by atoms with E-state index < -0.39 is 0 Å². The van der Waals surface area contributed by atoms with Gasteiger partial charge in [0.15, 0.2) is 11.2 Å². The molecule has 2 amide bonds. The molecule has 1 aliphatic carbocycles. The SMILES string of the molecule is CCN1N=CC(c2nc3c(O[C@H]4CCN(C(=O)NC5CCCCC5)C4)ncnc3n2C)C1C. The zero-order valence-electron chi connectivity index (χ0n) is 19.8. The Kier molecular flexibility index (Phi) is 6.07. The Bertz CT molecular complexity index is 1030. The molecule has 0 spiro atoms. The van der Waals surface area contributed by atoms with Gasteiger partial charge in [-0.05, 0) is 26.7 Å². The minimum Gasteiger partial charge on any atom is -0.471 e. The van der Waals surface area contributed by atoms with Crippen LogP contribution >= 0.6 is 0 Å². The molecule has 178 valence electrons. The van der Waals surface area contributed by atoms with Crippen LogP contribution in [0.25, 0.3) is 11.2 Å². The van der Waals surface area contributed by atoms with Crippen LogP contribution < -0.4 is 10.1 Å². The third kappa shape index (κ3) is 4.22. The van der Waals surface area contributed by atoms with Gasteiger partial charge in [0.1, 0.15) is 18.3 Å². The molecule has 0 aromatic carbocycles. The second-order valence-corrected chi connectivity index (χ2v) is 9.43. The highest BCUT2D eigenvalue weighted by Gasteiger charge is 2.33. The molecular formula is C23H34N8O2. The van der Waals surface area contributed by atoms with Crippen LogP contribution in [0.2, 0.25) is 0 Å². The van der Waals surface area contributed by atoms with Gasteiger partial charge < -0.3 is 19.5 Å². The molecule has 2 unspecified atom stereocenters. The lowest BCUT2D eigenvalue weighted by atomic mass is 9.96. The number of hydrazone groups is 1. The topological polar surface area (TPSA) is 101 Å². The van der Waals surface area contributed by atoms with Gasteiger partial charge in [-0.25, -0.2) is 14.8 Å². The zero-order chi connectivity index (χ0) is 22.9. The minimum absolute atomic E-state index is 0.0240. The number of imidazole rings is 1. The number of aromatic nitrogens is 4. The van der Waals surface area contributed by atoms with Crippen LogP contribution in [-0.2, 0) is 7.05 Å². The van der Waals surface area contributed by atoms with Crippen molar-refractivity contribution in [1.82, 2.24) is 34.7 Å². The van der Waals surface area contributed by atoms with E-state index in [1.807, 2.05) is 22.7 Å². The van der Waals surface area contributed by atoms with E-state index in [4.69, 9.17) is 9.72 Å². The number of likely N-dealkylation sites (N-methyl/N-ethyl adjacent to an activating group) is 1. The number of carbonyl (C=O) groups excluding carboxylic acids is 1. The van der Waals surface area contributed by atoms with E-state index in [9.17, 15) is 4.79 Å². The van der Waals surface area contributed by atoms with Crippen LogP contribution in [0.1, 0.15) is 64.1 Å². The summed E-state index contributed by atoms with van der Waals surface area (Å²) in [5.74, 6) is 1.47. The van der Waals surface area contributed by atoms with Crippen molar-refractivity contribution in [2.24, 2.45) is 12.1 Å². The van der Waals surface area contributed by atoms with Crippen molar-refractivity contribution in [1.29, 1.82) is 0 Å². The molecule has 2 aromatic heterocycles. The van der Waals surface area contributed by atoms with Gasteiger partial charge >= 0.3 is 6.03 Å². The van der Waals surface area contributed by atoms with Crippen molar-refractivity contribution in [2.45, 2.75) is 76.5 Å². The largest absolute Gasteiger partial charge is 0.471 e. The Hall–Kier alpha value is -2.91. The first kappa shape index (κ1) is 21.9. The molecule has 1 N–H and O–H groups in total. The van der Waals surface area contributed by atoms with Crippen molar-refractivity contribution >= 4 is 23.4 Å². The maximum atomic E-state index is 12.7. The third-order valence-electron chi connectivity index (χ3n) is 7.29. The van der Waals surface area contributed by atoms with Gasteiger partial charge in [-0.15, -0.1) is 0 Å². The molecule has 1 saturated heterocycles. The van der Waals surface area contributed by atoms with Crippen LogP contribution in [-0.4, -0.2) is 79.5 Å². The van der Waals surface area contributed by atoms with Crippen molar-refractivity contribution < 1.29 is 9.53 Å². The van der Waals surface area contributed by atoms with E-state index in [0.717, 1.165) is 37.3 Å². The number of likely N-dealkylation sites (tertiary alicyclic amines) is 1. The molecule has 4 heterocycles. The number of nitrogens with zero attached hydrogens (tertiary/aromatic N) is 7. The van der Waals surface area contributed by atoms with E-state index >= 15 is 0 Å². The lowest BCUT2D eigenvalue weighted by molar-refractivity contribution is 0.180. The monoisotopic (exact) mass is 454 g/mol. The quantitative estimate of drug-likeness (QED) is 0.745. The Morgan fingerprint density at radius 3 is 2.79 bits per heavy atom. The lowest BCUT2D eigenvalue weighted by Crippen LogP contribution is -2.45. The molecule has 3 atom stereocenters. The molecule has 1 saturated carbocycles. The van der Waals surface area contributed by atoms with Gasteiger partial charge in [-0.1, -0.05) is 19.3 Å². The standard InChI is InChI=1S/C23H34N8O2/c1-4-31-15(2)18(12-26-31)20-28-19-21(29(20)3)24-14-25-22(19)33-17-10-11-30(13-17)23(32)27-16-8-6-5-7-9-16/h12,14-18H,4-11,13H2,1-3H3,(H,27,32)/t15?,17-,18?/m0/s1. The summed E-state index contributed by atoms with van der Waals surface area (Å²) in [6.45, 7) is 6.37. The third-order valence-corrected chi connectivity index (χ3v) is 7.29. The molecule has 2 aromatic rings. The summed E-state index contributed by atoms with van der Waals surface area (Å²) in [5, 5.41) is 9.79. The molecule has 5 rings (SSSR count). The Labute approximate surface area is 194 Å². The van der Waals surface area contributed by atoms with E-state index in [1.165, 1.54) is 25.6 Å². The lowest BCUT2D eigenvalue weighted by Gasteiger charge is -2.26. The summed E-state index contributed by atoms with van der Waals surface area (Å²) >= 11 is 0. The Balaban J connectivity index is 1.28. The first-order valence-corrected chi connectivity index (χ1v) is 12.2. The minimum atomic E-state index is -0.104. The van der Waals surface area contributed by atoms with Crippen molar-refractivity contribution in [2.75, 3.05) is 19.6 Å². The first-order chi connectivity index (χ1) is 16.0. The smallest absolute Gasteiger partial charge is 0.317 e. The molecule has 2 aliphatic heterocycles. The van der Waals surface area contributed by atoms with Gasteiger partial charge in [0.25, 0.3) is 0 Å². The number of aryl methyl sites for hydroxylation is 1. The highest BCUT2D eigenvalue weighted by atomic mass is 16.5. The van der Waals surface area contributed by atoms with E-state index in [-0.39, 0.29) is 24.1 Å². The molecule has 33 heavy (non-hydrogen) atoms. The number of carbonyl (C=O) groups is 1. The molecule has 0 radical (unpaired) electrons. The highest BCUT2D eigenvalue weighted by Crippen LogP contribution is 2.31. The second kappa shape index (κ2) is 9.15. The molecule has 10 nitrogen and oxygen atoms in total. The predicted molar refractivity (Wildman–Crippen MR) is 125 cm³/mol. The fourth-order valence-corrected chi connectivity index (χ4v) is 5.28. The van der Waals surface area contributed by atoms with Crippen LogP contribution in [0.15, 0.2) is 11.4 Å². The van der Waals surface area contributed by atoms with Crippen molar-refractivity contribution in [3.05, 3.63) is 12.2 Å². The van der Waals surface area contributed by atoms with E-state index in [0.29, 0.717) is 30.5 Å². The van der Waals surface area contributed by atoms with Gasteiger partial charge in [-0.2, -0.15) is 10.1 Å². The van der Waals surface area contributed by atoms with E-state index in [2.05, 4.69) is 39.2 Å². The number of fused-ring (bicyclic) bond motifs is 1. The number of urea groups is 1. The summed E-state index contributed by atoms with van der Waals surface area (Å²) < 4.78 is 8.28. The molecule has 10 heteroatoms. The second-order valence-electron chi connectivity index (χ2n) is 9.43. The van der Waals surface area contributed by atoms with Crippen molar-refractivity contribution in [3.8, 4) is 5.88 Å². The van der Waals surface area contributed by atoms with Crippen LogP contribution in [0.3, 0.4) is 0 Å². The summed E-state index contributed by atoms with van der Waals surface area (Å²) in [6, 6.07) is 0.564. The fraction of sp³-hybridized carbons (Fsp3) is 0.696. The summed E-state index contributed by atoms with van der Waals surface area (Å²) in [6.07, 6.45) is 10.0. The average molecular weight is 455 g/mol. The number of hydrogen-bond acceptors (Lipinski definition) is 7. The number of ether oxygens (including phenoxy) is 1. The Morgan fingerprint density at radius 2 is 2.03 bits per heavy atom.